The van der Waals surface area contributed by atoms with Crippen LogP contribution in [0, 0.1) is 5.92 Å². The minimum atomic E-state index is -0.0555. The molecule has 1 heterocycles. The monoisotopic (exact) mass is 408 g/mol. The number of carbonyl (C=O) groups is 1. The molecule has 0 aromatic heterocycles. The molecule has 0 saturated carbocycles. The zero-order valence-corrected chi connectivity index (χ0v) is 18.9. The second-order valence-electron chi connectivity index (χ2n) is 9.53. The Morgan fingerprint density at radius 3 is 2.27 bits per heavy atom. The minimum absolute atomic E-state index is 0.0555. The van der Waals surface area contributed by atoms with Gasteiger partial charge >= 0.3 is 0 Å². The van der Waals surface area contributed by atoms with Crippen molar-refractivity contribution in [2.45, 2.75) is 52.5 Å². The minimum Gasteiger partial charge on any atom is -0.492 e. The molecule has 1 saturated heterocycles. The van der Waals surface area contributed by atoms with Gasteiger partial charge in [-0.1, -0.05) is 52.0 Å². The van der Waals surface area contributed by atoms with Crippen LogP contribution in [0.3, 0.4) is 0 Å². The molecule has 3 rings (SSSR count). The van der Waals surface area contributed by atoms with Crippen molar-refractivity contribution in [2.24, 2.45) is 5.92 Å². The van der Waals surface area contributed by atoms with Gasteiger partial charge in [-0.25, -0.2) is 0 Å². The van der Waals surface area contributed by atoms with Crippen LogP contribution in [0.25, 0.3) is 0 Å². The van der Waals surface area contributed by atoms with Gasteiger partial charge in [0.15, 0.2) is 0 Å². The fourth-order valence-electron chi connectivity index (χ4n) is 3.73. The quantitative estimate of drug-likeness (QED) is 0.654. The number of nitrogens with one attached hydrogen (secondary N) is 1. The molecule has 0 aliphatic carbocycles. The molecule has 1 amide bonds. The summed E-state index contributed by atoms with van der Waals surface area (Å²) < 4.78 is 5.75. The molecule has 2 aromatic carbocycles. The highest BCUT2D eigenvalue weighted by Crippen LogP contribution is 2.24. The third kappa shape index (κ3) is 6.60. The third-order valence-electron chi connectivity index (χ3n) is 5.88. The number of rotatable bonds is 7. The molecular formula is C26H36N2O2. The van der Waals surface area contributed by atoms with E-state index in [1.807, 2.05) is 24.3 Å². The van der Waals surface area contributed by atoms with E-state index >= 15 is 0 Å². The van der Waals surface area contributed by atoms with E-state index in [2.05, 4.69) is 62.2 Å². The van der Waals surface area contributed by atoms with Gasteiger partial charge < -0.3 is 10.1 Å². The summed E-state index contributed by atoms with van der Waals surface area (Å²) in [6.07, 6.45) is 2.56. The van der Waals surface area contributed by atoms with Crippen molar-refractivity contribution in [3.8, 4) is 5.75 Å². The van der Waals surface area contributed by atoms with Crippen LogP contribution in [-0.2, 0) is 12.0 Å². The van der Waals surface area contributed by atoms with Crippen molar-refractivity contribution in [2.75, 3.05) is 26.2 Å². The number of carbonyl (C=O) groups excluding carboxylic acids is 1. The zero-order valence-electron chi connectivity index (χ0n) is 18.9. The van der Waals surface area contributed by atoms with Crippen LogP contribution in [0.1, 0.15) is 62.0 Å². The molecule has 0 radical (unpaired) electrons. The van der Waals surface area contributed by atoms with E-state index in [1.54, 1.807) is 0 Å². The average molecular weight is 409 g/mol. The van der Waals surface area contributed by atoms with E-state index in [9.17, 15) is 4.79 Å². The Hall–Kier alpha value is -2.33. The van der Waals surface area contributed by atoms with Gasteiger partial charge in [-0.3, -0.25) is 9.69 Å². The van der Waals surface area contributed by atoms with Gasteiger partial charge in [0.25, 0.3) is 5.91 Å². The van der Waals surface area contributed by atoms with Crippen molar-refractivity contribution in [1.29, 1.82) is 0 Å². The number of piperidine rings is 1. The Bertz CT molecular complexity index is 798. The zero-order chi connectivity index (χ0) is 21.6. The summed E-state index contributed by atoms with van der Waals surface area (Å²) >= 11 is 0. The topological polar surface area (TPSA) is 41.6 Å². The standard InChI is InChI=1S/C26H36N2O2/c1-20-13-16-28(17-14-20)19-21-5-7-22(8-6-21)25(29)27-15-18-30-24-11-9-23(10-12-24)26(2,3)4/h5-12,20H,13-19H2,1-4H3,(H,27,29). The fourth-order valence-corrected chi connectivity index (χ4v) is 3.73. The van der Waals surface area contributed by atoms with Gasteiger partial charge in [0.05, 0.1) is 6.54 Å². The molecule has 2 aromatic rings. The largest absolute Gasteiger partial charge is 0.492 e. The molecule has 162 valence electrons. The molecule has 4 heteroatoms. The SMILES string of the molecule is CC1CCN(Cc2ccc(C(=O)NCCOc3ccc(C(C)(C)C)cc3)cc2)CC1. The second-order valence-corrected chi connectivity index (χ2v) is 9.53. The summed E-state index contributed by atoms with van der Waals surface area (Å²) in [5.41, 5.74) is 3.37. The summed E-state index contributed by atoms with van der Waals surface area (Å²) in [4.78, 5) is 14.9. The van der Waals surface area contributed by atoms with Crippen molar-refractivity contribution in [1.82, 2.24) is 10.2 Å². The molecular weight excluding hydrogens is 372 g/mol. The van der Waals surface area contributed by atoms with Gasteiger partial charge in [0.1, 0.15) is 12.4 Å². The van der Waals surface area contributed by atoms with E-state index in [-0.39, 0.29) is 11.3 Å². The predicted octanol–water partition coefficient (Wildman–Crippen LogP) is 5.02. The first kappa shape index (κ1) is 22.4. The number of likely N-dealkylation sites (tertiary alicyclic amines) is 1. The highest BCUT2D eigenvalue weighted by atomic mass is 16.5. The Morgan fingerprint density at radius 2 is 1.67 bits per heavy atom. The van der Waals surface area contributed by atoms with E-state index < -0.39 is 0 Å². The summed E-state index contributed by atoms with van der Waals surface area (Å²) in [5.74, 6) is 1.62. The fraction of sp³-hybridized carbons (Fsp3) is 0.500. The van der Waals surface area contributed by atoms with Crippen molar-refractivity contribution in [3.63, 3.8) is 0 Å². The van der Waals surface area contributed by atoms with Crippen molar-refractivity contribution >= 4 is 5.91 Å². The van der Waals surface area contributed by atoms with E-state index in [1.165, 1.54) is 37.1 Å². The summed E-state index contributed by atoms with van der Waals surface area (Å²) in [5, 5.41) is 2.94. The molecule has 1 N–H and O–H groups in total. The molecule has 30 heavy (non-hydrogen) atoms. The first-order valence-corrected chi connectivity index (χ1v) is 11.1. The van der Waals surface area contributed by atoms with Crippen molar-refractivity contribution < 1.29 is 9.53 Å². The first-order chi connectivity index (χ1) is 14.3. The normalized spacial score (nSPS) is 15.7. The van der Waals surface area contributed by atoms with Crippen LogP contribution in [0.2, 0.25) is 0 Å². The Morgan fingerprint density at radius 1 is 1.03 bits per heavy atom. The lowest BCUT2D eigenvalue weighted by Gasteiger charge is -2.30. The Labute approximate surface area is 181 Å². The maximum absolute atomic E-state index is 12.4. The molecule has 4 nitrogen and oxygen atoms in total. The van der Waals surface area contributed by atoms with Gasteiger partial charge in [0, 0.05) is 12.1 Å². The highest BCUT2D eigenvalue weighted by molar-refractivity contribution is 5.94. The number of nitrogens with zero attached hydrogens (tertiary/aromatic N) is 1. The van der Waals surface area contributed by atoms with Gasteiger partial charge in [-0.2, -0.15) is 0 Å². The maximum atomic E-state index is 12.4. The molecule has 1 aliphatic heterocycles. The lowest BCUT2D eigenvalue weighted by Crippen LogP contribution is -2.32. The van der Waals surface area contributed by atoms with Crippen LogP contribution >= 0.6 is 0 Å². The number of hydrogen-bond donors (Lipinski definition) is 1. The van der Waals surface area contributed by atoms with E-state index in [0.29, 0.717) is 18.7 Å². The summed E-state index contributed by atoms with van der Waals surface area (Å²) in [6.45, 7) is 13.1. The van der Waals surface area contributed by atoms with Crippen LogP contribution in [-0.4, -0.2) is 37.0 Å². The van der Waals surface area contributed by atoms with E-state index in [4.69, 9.17) is 4.74 Å². The Balaban J connectivity index is 1.39. The van der Waals surface area contributed by atoms with Gasteiger partial charge in [-0.15, -0.1) is 0 Å². The number of benzene rings is 2. The molecule has 1 aliphatic rings. The smallest absolute Gasteiger partial charge is 0.251 e. The maximum Gasteiger partial charge on any atom is 0.251 e. The molecule has 0 bridgehead atoms. The molecule has 0 spiro atoms. The first-order valence-electron chi connectivity index (χ1n) is 11.1. The lowest BCUT2D eigenvalue weighted by molar-refractivity contribution is 0.0947. The van der Waals surface area contributed by atoms with Crippen LogP contribution in [0.5, 0.6) is 5.75 Å². The predicted molar refractivity (Wildman–Crippen MR) is 123 cm³/mol. The summed E-state index contributed by atoms with van der Waals surface area (Å²) in [6, 6.07) is 16.2. The van der Waals surface area contributed by atoms with Crippen molar-refractivity contribution in [3.05, 3.63) is 65.2 Å². The van der Waals surface area contributed by atoms with E-state index in [0.717, 1.165) is 18.2 Å². The van der Waals surface area contributed by atoms with Crippen LogP contribution < -0.4 is 10.1 Å². The van der Waals surface area contributed by atoms with Gasteiger partial charge in [0.2, 0.25) is 0 Å². The summed E-state index contributed by atoms with van der Waals surface area (Å²) in [7, 11) is 0. The number of amides is 1. The number of ether oxygens (including phenoxy) is 1. The highest BCUT2D eigenvalue weighted by Gasteiger charge is 2.16. The molecule has 0 atom stereocenters. The third-order valence-corrected chi connectivity index (χ3v) is 5.88. The second kappa shape index (κ2) is 10.1. The molecule has 1 fully saturated rings. The van der Waals surface area contributed by atoms with Crippen LogP contribution in [0.15, 0.2) is 48.5 Å². The Kier molecular flexibility index (Phi) is 7.54. The van der Waals surface area contributed by atoms with Crippen LogP contribution in [0.4, 0.5) is 0 Å². The average Bonchev–Trinajstić information content (AvgIpc) is 2.73. The van der Waals surface area contributed by atoms with Gasteiger partial charge in [-0.05, 0) is 72.7 Å². The number of hydrogen-bond acceptors (Lipinski definition) is 3. The lowest BCUT2D eigenvalue weighted by atomic mass is 9.87. The molecule has 0 unspecified atom stereocenters.